The van der Waals surface area contributed by atoms with Crippen LogP contribution in [-0.4, -0.2) is 31.3 Å². The van der Waals surface area contributed by atoms with Crippen molar-refractivity contribution in [3.05, 3.63) is 48.2 Å². The van der Waals surface area contributed by atoms with E-state index >= 15 is 0 Å². The van der Waals surface area contributed by atoms with Crippen LogP contribution in [0.5, 0.6) is 0 Å². The predicted molar refractivity (Wildman–Crippen MR) is 93.5 cm³/mol. The lowest BCUT2D eigenvalue weighted by Gasteiger charge is -2.09. The van der Waals surface area contributed by atoms with Crippen LogP contribution < -0.4 is 10.0 Å². The molecule has 6 nitrogen and oxygen atoms in total. The molecule has 26 heavy (non-hydrogen) atoms. The van der Waals surface area contributed by atoms with Crippen molar-refractivity contribution in [1.29, 1.82) is 0 Å². The van der Waals surface area contributed by atoms with E-state index in [0.29, 0.717) is 17.6 Å². The number of carbonyl (C=O) groups is 1. The minimum Gasteiger partial charge on any atom is -0.325 e. The number of alkyl halides is 3. The smallest absolute Gasteiger partial charge is 0.325 e. The van der Waals surface area contributed by atoms with Gasteiger partial charge in [0.15, 0.2) is 0 Å². The van der Waals surface area contributed by atoms with E-state index in [1.165, 1.54) is 18.2 Å². The summed E-state index contributed by atoms with van der Waals surface area (Å²) in [5.74, 6) is -0.476. The fraction of sp³-hybridized carbons (Fsp3) is 0.200. The van der Waals surface area contributed by atoms with Gasteiger partial charge in [0.1, 0.15) is 0 Å². The number of sulfonamides is 1. The number of nitrogens with zero attached hydrogens (tertiary/aromatic N) is 1. The number of pyridine rings is 1. The zero-order chi connectivity index (χ0) is 19.4. The molecule has 0 spiro atoms. The largest absolute Gasteiger partial charge is 0.417 e. The monoisotopic (exact) mass is 405 g/mol. The van der Waals surface area contributed by atoms with Gasteiger partial charge in [0, 0.05) is 11.9 Å². The molecule has 1 amide bonds. The molecule has 0 fully saturated rings. The van der Waals surface area contributed by atoms with Crippen LogP contribution in [0.25, 0.3) is 0 Å². The minimum absolute atomic E-state index is 0.0674. The average Bonchev–Trinajstić information content (AvgIpc) is 2.51. The molecule has 0 aliphatic rings. The van der Waals surface area contributed by atoms with E-state index in [2.05, 4.69) is 15.0 Å². The number of thioether (sulfide) groups is 1. The van der Waals surface area contributed by atoms with Crippen LogP contribution in [0.15, 0.2) is 47.6 Å². The molecular formula is C15H14F3N3O3S2. The molecule has 140 valence electrons. The van der Waals surface area contributed by atoms with E-state index in [1.807, 2.05) is 0 Å². The molecule has 2 N–H and O–H groups in total. The topological polar surface area (TPSA) is 88.2 Å². The molecule has 0 saturated heterocycles. The van der Waals surface area contributed by atoms with Crippen LogP contribution in [0, 0.1) is 0 Å². The normalized spacial score (nSPS) is 11.8. The Kier molecular flexibility index (Phi) is 6.13. The fourth-order valence-electron chi connectivity index (χ4n) is 1.84. The zero-order valence-corrected chi connectivity index (χ0v) is 15.0. The van der Waals surface area contributed by atoms with Crippen molar-refractivity contribution < 1.29 is 26.4 Å². The van der Waals surface area contributed by atoms with Gasteiger partial charge in [-0.05, 0) is 30.3 Å². The quantitative estimate of drug-likeness (QED) is 0.721. The van der Waals surface area contributed by atoms with Crippen molar-refractivity contribution in [1.82, 2.24) is 4.98 Å². The Balaban J connectivity index is 1.92. The lowest BCUT2D eigenvalue weighted by molar-refractivity contribution is -0.137. The molecule has 0 atom stereocenters. The van der Waals surface area contributed by atoms with Gasteiger partial charge in [-0.15, -0.1) is 0 Å². The van der Waals surface area contributed by atoms with Crippen molar-refractivity contribution in [3.8, 4) is 0 Å². The van der Waals surface area contributed by atoms with E-state index < -0.39 is 27.7 Å². The number of aromatic nitrogens is 1. The molecular weight excluding hydrogens is 391 g/mol. The summed E-state index contributed by atoms with van der Waals surface area (Å²) in [6.07, 6.45) is -2.74. The van der Waals surface area contributed by atoms with E-state index in [4.69, 9.17) is 0 Å². The number of anilines is 2. The predicted octanol–water partition coefficient (Wildman–Crippen LogP) is 3.20. The molecule has 0 saturated carbocycles. The standard InChI is InChI=1S/C15H14F3N3O3S2/c1-26(23,24)21-12-4-2-3-11(7-12)20-13(22)9-25-14-6-5-10(8-19-14)15(16,17)18/h2-8,21H,9H2,1H3,(H,20,22). The third kappa shape index (κ3) is 6.56. The molecule has 11 heteroatoms. The second-order valence-electron chi connectivity index (χ2n) is 5.17. The van der Waals surface area contributed by atoms with Gasteiger partial charge in [0.2, 0.25) is 15.9 Å². The van der Waals surface area contributed by atoms with Crippen molar-refractivity contribution in [2.75, 3.05) is 22.0 Å². The highest BCUT2D eigenvalue weighted by atomic mass is 32.2. The highest BCUT2D eigenvalue weighted by Crippen LogP contribution is 2.29. The first-order chi connectivity index (χ1) is 12.0. The third-order valence-electron chi connectivity index (χ3n) is 2.86. The van der Waals surface area contributed by atoms with E-state index in [0.717, 1.165) is 24.1 Å². The number of benzene rings is 1. The first-order valence-electron chi connectivity index (χ1n) is 7.07. The average molecular weight is 405 g/mol. The molecule has 1 heterocycles. The molecule has 0 radical (unpaired) electrons. The maximum Gasteiger partial charge on any atom is 0.417 e. The van der Waals surface area contributed by atoms with Gasteiger partial charge >= 0.3 is 6.18 Å². The second kappa shape index (κ2) is 7.96. The van der Waals surface area contributed by atoms with Crippen molar-refractivity contribution in [2.45, 2.75) is 11.2 Å². The highest BCUT2D eigenvalue weighted by molar-refractivity contribution is 7.99. The highest BCUT2D eigenvalue weighted by Gasteiger charge is 2.30. The Morgan fingerprint density at radius 3 is 2.46 bits per heavy atom. The van der Waals surface area contributed by atoms with Gasteiger partial charge < -0.3 is 5.32 Å². The van der Waals surface area contributed by atoms with Gasteiger partial charge in [-0.1, -0.05) is 17.8 Å². The van der Waals surface area contributed by atoms with Gasteiger partial charge in [0.05, 0.1) is 28.3 Å². The summed E-state index contributed by atoms with van der Waals surface area (Å²) in [6.45, 7) is 0. The van der Waals surface area contributed by atoms with Gasteiger partial charge in [-0.25, -0.2) is 13.4 Å². The summed E-state index contributed by atoms with van der Waals surface area (Å²) in [6, 6.07) is 8.20. The van der Waals surface area contributed by atoms with Crippen LogP contribution in [0.1, 0.15) is 5.56 Å². The number of halogens is 3. The fourth-order valence-corrected chi connectivity index (χ4v) is 3.04. The summed E-state index contributed by atoms with van der Waals surface area (Å²) in [5, 5.41) is 2.85. The van der Waals surface area contributed by atoms with Crippen molar-refractivity contribution in [3.63, 3.8) is 0 Å². The van der Waals surface area contributed by atoms with Crippen LogP contribution in [0.3, 0.4) is 0 Å². The molecule has 0 bridgehead atoms. The Hall–Kier alpha value is -2.27. The summed E-state index contributed by atoms with van der Waals surface area (Å²) >= 11 is 0.979. The third-order valence-corrected chi connectivity index (χ3v) is 4.41. The summed E-state index contributed by atoms with van der Waals surface area (Å²) in [5.41, 5.74) is -0.187. The van der Waals surface area contributed by atoms with Crippen LogP contribution in [-0.2, 0) is 21.0 Å². The molecule has 2 aromatic rings. The lowest BCUT2D eigenvalue weighted by Crippen LogP contribution is -2.15. The van der Waals surface area contributed by atoms with E-state index in [1.54, 1.807) is 12.1 Å². The summed E-state index contributed by atoms with van der Waals surface area (Å²) < 4.78 is 62.1. The minimum atomic E-state index is -4.46. The first-order valence-corrected chi connectivity index (χ1v) is 9.94. The Labute approximate surface area is 152 Å². The number of amides is 1. The van der Waals surface area contributed by atoms with Gasteiger partial charge in [0.25, 0.3) is 0 Å². The van der Waals surface area contributed by atoms with Crippen molar-refractivity contribution in [2.24, 2.45) is 0 Å². The van der Waals surface area contributed by atoms with Gasteiger partial charge in [-0.2, -0.15) is 13.2 Å². The number of hydrogen-bond donors (Lipinski definition) is 2. The molecule has 2 rings (SSSR count). The molecule has 1 aromatic carbocycles. The SMILES string of the molecule is CS(=O)(=O)Nc1cccc(NC(=O)CSc2ccc(C(F)(F)F)cn2)c1. The van der Waals surface area contributed by atoms with Gasteiger partial charge in [-0.3, -0.25) is 9.52 Å². The zero-order valence-electron chi connectivity index (χ0n) is 13.4. The number of hydrogen-bond acceptors (Lipinski definition) is 5. The Bertz CT molecular complexity index is 885. The number of carbonyl (C=O) groups excluding carboxylic acids is 1. The molecule has 0 aliphatic carbocycles. The number of rotatable bonds is 6. The Morgan fingerprint density at radius 1 is 1.19 bits per heavy atom. The van der Waals surface area contributed by atoms with Crippen molar-refractivity contribution >= 4 is 39.1 Å². The lowest BCUT2D eigenvalue weighted by atomic mass is 10.3. The summed E-state index contributed by atoms with van der Waals surface area (Å²) in [4.78, 5) is 15.6. The first kappa shape index (κ1) is 20.0. The van der Waals surface area contributed by atoms with Crippen LogP contribution in [0.4, 0.5) is 24.5 Å². The Morgan fingerprint density at radius 2 is 1.88 bits per heavy atom. The second-order valence-corrected chi connectivity index (χ2v) is 7.92. The van der Waals surface area contributed by atoms with E-state index in [-0.39, 0.29) is 10.8 Å². The molecule has 0 unspecified atom stereocenters. The molecule has 0 aliphatic heterocycles. The maximum atomic E-state index is 12.5. The van der Waals surface area contributed by atoms with Crippen LogP contribution >= 0.6 is 11.8 Å². The maximum absolute atomic E-state index is 12.5. The number of nitrogens with one attached hydrogen (secondary N) is 2. The summed E-state index contributed by atoms with van der Waals surface area (Å²) in [7, 11) is -3.44. The molecule has 1 aromatic heterocycles. The van der Waals surface area contributed by atoms with Crippen LogP contribution in [0.2, 0.25) is 0 Å². The van der Waals surface area contributed by atoms with E-state index in [9.17, 15) is 26.4 Å².